The lowest BCUT2D eigenvalue weighted by Gasteiger charge is -2.31. The van der Waals surface area contributed by atoms with Crippen molar-refractivity contribution >= 4 is 47.4 Å². The number of halogens is 1. The summed E-state index contributed by atoms with van der Waals surface area (Å²) in [6.45, 7) is 4.87. The van der Waals surface area contributed by atoms with Crippen LogP contribution in [0, 0.1) is 0 Å². The van der Waals surface area contributed by atoms with Crippen molar-refractivity contribution in [3.63, 3.8) is 0 Å². The molecule has 2 heterocycles. The van der Waals surface area contributed by atoms with Gasteiger partial charge in [0.05, 0.1) is 0 Å². The maximum Gasteiger partial charge on any atom is 0.227 e. The van der Waals surface area contributed by atoms with Gasteiger partial charge in [0.25, 0.3) is 0 Å². The minimum atomic E-state index is 0. The van der Waals surface area contributed by atoms with Crippen LogP contribution in [-0.4, -0.2) is 61.9 Å². The fourth-order valence-corrected chi connectivity index (χ4v) is 3.80. The summed E-state index contributed by atoms with van der Waals surface area (Å²) >= 11 is 0. The molecule has 29 heavy (non-hydrogen) atoms. The first kappa shape index (κ1) is 23.4. The van der Waals surface area contributed by atoms with Crippen LogP contribution in [0.1, 0.15) is 38.2 Å². The number of aliphatic imine (C=N–C) groups is 1. The summed E-state index contributed by atoms with van der Waals surface area (Å²) in [5.41, 5.74) is 2.31. The number of para-hydroxylation sites is 1. The summed E-state index contributed by atoms with van der Waals surface area (Å²) in [7, 11) is 1.84. The van der Waals surface area contributed by atoms with Crippen molar-refractivity contribution in [2.24, 2.45) is 4.99 Å². The van der Waals surface area contributed by atoms with Gasteiger partial charge in [-0.25, -0.2) is 0 Å². The van der Waals surface area contributed by atoms with Crippen molar-refractivity contribution in [1.82, 2.24) is 15.5 Å². The maximum absolute atomic E-state index is 12.6. The average Bonchev–Trinajstić information content (AvgIpc) is 3.12. The highest BCUT2D eigenvalue weighted by Gasteiger charge is 2.24. The highest BCUT2D eigenvalue weighted by molar-refractivity contribution is 14.0. The topological polar surface area (TPSA) is 77.0 Å². The van der Waals surface area contributed by atoms with Gasteiger partial charge in [-0.3, -0.25) is 14.6 Å². The van der Waals surface area contributed by atoms with E-state index in [0.717, 1.165) is 44.0 Å². The lowest BCUT2D eigenvalue weighted by atomic mass is 10.1. The second kappa shape index (κ2) is 11.4. The molecule has 2 N–H and O–H groups in total. The van der Waals surface area contributed by atoms with Gasteiger partial charge in [-0.2, -0.15) is 0 Å². The zero-order chi connectivity index (χ0) is 19.9. The van der Waals surface area contributed by atoms with Gasteiger partial charge in [0.1, 0.15) is 0 Å². The molecule has 0 bridgehead atoms. The van der Waals surface area contributed by atoms with Crippen LogP contribution in [-0.2, 0) is 16.0 Å². The van der Waals surface area contributed by atoms with Crippen LogP contribution >= 0.6 is 24.0 Å². The molecule has 1 atom stereocenters. The average molecular weight is 513 g/mol. The Kier molecular flexibility index (Phi) is 9.19. The summed E-state index contributed by atoms with van der Waals surface area (Å²) < 4.78 is 0. The third kappa shape index (κ3) is 6.32. The van der Waals surface area contributed by atoms with Gasteiger partial charge >= 0.3 is 0 Å². The quantitative estimate of drug-likeness (QED) is 0.265. The summed E-state index contributed by atoms with van der Waals surface area (Å²) in [5, 5.41) is 6.67. The lowest BCUT2D eigenvalue weighted by Crippen LogP contribution is -2.51. The Morgan fingerprint density at radius 2 is 2.07 bits per heavy atom. The van der Waals surface area contributed by atoms with E-state index in [0.29, 0.717) is 25.9 Å². The Hall–Kier alpha value is -1.84. The van der Waals surface area contributed by atoms with Crippen LogP contribution < -0.4 is 15.5 Å². The Bertz CT molecular complexity index is 740. The molecule has 1 aromatic carbocycles. The second-order valence-electron chi connectivity index (χ2n) is 7.44. The number of anilines is 1. The molecule has 1 aromatic rings. The van der Waals surface area contributed by atoms with Crippen molar-refractivity contribution in [3.8, 4) is 0 Å². The first-order valence-electron chi connectivity index (χ1n) is 10.3. The molecule has 0 radical (unpaired) electrons. The van der Waals surface area contributed by atoms with E-state index in [-0.39, 0.29) is 41.8 Å². The minimum absolute atomic E-state index is 0. The molecule has 2 aliphatic rings. The van der Waals surface area contributed by atoms with Crippen molar-refractivity contribution in [3.05, 3.63) is 29.8 Å². The molecule has 0 aromatic heterocycles. The fraction of sp³-hybridized carbons (Fsp3) is 0.571. The molecule has 0 saturated carbocycles. The fourth-order valence-electron chi connectivity index (χ4n) is 3.80. The minimum Gasteiger partial charge on any atom is -0.357 e. The molecule has 0 aliphatic carbocycles. The van der Waals surface area contributed by atoms with Gasteiger partial charge < -0.3 is 20.4 Å². The summed E-state index contributed by atoms with van der Waals surface area (Å²) in [6, 6.07) is 8.34. The maximum atomic E-state index is 12.6. The number of piperidine rings is 1. The Balaban J connectivity index is 0.00000300. The summed E-state index contributed by atoms with van der Waals surface area (Å²) in [6.07, 6.45) is 3.54. The molecule has 8 heteroatoms. The monoisotopic (exact) mass is 513 g/mol. The van der Waals surface area contributed by atoms with E-state index in [1.54, 1.807) is 4.90 Å². The number of rotatable bonds is 6. The molecule has 1 fully saturated rings. The van der Waals surface area contributed by atoms with E-state index in [4.69, 9.17) is 0 Å². The van der Waals surface area contributed by atoms with E-state index in [9.17, 15) is 9.59 Å². The van der Waals surface area contributed by atoms with E-state index in [2.05, 4.69) is 21.7 Å². The van der Waals surface area contributed by atoms with Crippen LogP contribution in [0.2, 0.25) is 0 Å². The molecule has 3 rings (SSSR count). The predicted molar refractivity (Wildman–Crippen MR) is 127 cm³/mol. The number of guanidine groups is 1. The molecule has 2 aliphatic heterocycles. The highest BCUT2D eigenvalue weighted by Crippen LogP contribution is 2.28. The molecular weight excluding hydrogens is 481 g/mol. The molecule has 7 nitrogen and oxygen atoms in total. The van der Waals surface area contributed by atoms with Gasteiger partial charge in [-0.05, 0) is 37.8 Å². The van der Waals surface area contributed by atoms with E-state index < -0.39 is 0 Å². The van der Waals surface area contributed by atoms with E-state index in [1.807, 2.05) is 37.1 Å². The summed E-state index contributed by atoms with van der Waals surface area (Å²) in [5.74, 6) is 1.13. The van der Waals surface area contributed by atoms with Gasteiger partial charge in [0.15, 0.2) is 5.96 Å². The summed E-state index contributed by atoms with van der Waals surface area (Å²) in [4.78, 5) is 32.5. The number of hydrogen-bond donors (Lipinski definition) is 2. The first-order chi connectivity index (χ1) is 13.6. The van der Waals surface area contributed by atoms with Gasteiger partial charge in [-0.15, -0.1) is 24.0 Å². The molecule has 1 saturated heterocycles. The SMILES string of the molecule is CCNC(=NCCCC(=O)N1CCc2ccccc21)NC1CCC(=O)N(C)C1.I. The number of likely N-dealkylation sites (N-methyl/N-ethyl adjacent to an activating group) is 1. The Labute approximate surface area is 190 Å². The molecule has 160 valence electrons. The van der Waals surface area contributed by atoms with Gasteiger partial charge in [-0.1, -0.05) is 18.2 Å². The number of amides is 2. The number of carbonyl (C=O) groups excluding carboxylic acids is 2. The van der Waals surface area contributed by atoms with Crippen molar-refractivity contribution in [1.29, 1.82) is 0 Å². The number of carbonyl (C=O) groups is 2. The normalized spacial score (nSPS) is 18.9. The zero-order valence-corrected chi connectivity index (χ0v) is 19.6. The van der Waals surface area contributed by atoms with Gasteiger partial charge in [0, 0.05) is 57.8 Å². The van der Waals surface area contributed by atoms with E-state index in [1.165, 1.54) is 5.56 Å². The standard InChI is InChI=1S/C21H31N5O2.HI/c1-3-22-21(24-17-10-11-19(27)25(2)15-17)23-13-6-9-20(28)26-14-12-16-7-4-5-8-18(16)26;/h4-5,7-8,17H,3,6,9-15H2,1-2H3,(H2,22,23,24);1H. The number of benzene rings is 1. The van der Waals surface area contributed by atoms with Crippen LogP contribution in [0.4, 0.5) is 5.69 Å². The largest absolute Gasteiger partial charge is 0.357 e. The number of fused-ring (bicyclic) bond motifs is 1. The van der Waals surface area contributed by atoms with Crippen molar-refractivity contribution in [2.75, 3.05) is 38.1 Å². The van der Waals surface area contributed by atoms with E-state index >= 15 is 0 Å². The predicted octanol–water partition coefficient (Wildman–Crippen LogP) is 2.15. The number of nitrogens with zero attached hydrogens (tertiary/aromatic N) is 3. The van der Waals surface area contributed by atoms with Crippen molar-refractivity contribution in [2.45, 2.75) is 45.1 Å². The zero-order valence-electron chi connectivity index (χ0n) is 17.3. The van der Waals surface area contributed by atoms with Crippen molar-refractivity contribution < 1.29 is 9.59 Å². The molecule has 2 amide bonds. The van der Waals surface area contributed by atoms with Crippen LogP contribution in [0.5, 0.6) is 0 Å². The second-order valence-corrected chi connectivity index (χ2v) is 7.44. The third-order valence-corrected chi connectivity index (χ3v) is 5.32. The van der Waals surface area contributed by atoms with Crippen LogP contribution in [0.25, 0.3) is 0 Å². The van der Waals surface area contributed by atoms with Gasteiger partial charge in [0.2, 0.25) is 11.8 Å². The Morgan fingerprint density at radius 3 is 2.83 bits per heavy atom. The van der Waals surface area contributed by atoms with Crippen LogP contribution in [0.15, 0.2) is 29.3 Å². The van der Waals surface area contributed by atoms with Crippen LogP contribution in [0.3, 0.4) is 0 Å². The number of likely N-dealkylation sites (tertiary alicyclic amines) is 1. The Morgan fingerprint density at radius 1 is 1.28 bits per heavy atom. The first-order valence-corrected chi connectivity index (χ1v) is 10.3. The number of hydrogen-bond acceptors (Lipinski definition) is 3. The third-order valence-electron chi connectivity index (χ3n) is 5.32. The molecular formula is C21H32IN5O2. The highest BCUT2D eigenvalue weighted by atomic mass is 127. The molecule has 0 spiro atoms. The lowest BCUT2D eigenvalue weighted by molar-refractivity contribution is -0.132. The molecule has 1 unspecified atom stereocenters. The smallest absolute Gasteiger partial charge is 0.227 e. The number of nitrogens with one attached hydrogen (secondary N) is 2.